The van der Waals surface area contributed by atoms with Gasteiger partial charge in [0.25, 0.3) is 0 Å². The smallest absolute Gasteiger partial charge is 0.248 e. The standard InChI is InChI=1S/C10H9BrFN3O/c11-8-5-6(12)1-2-7(8)10-15-14-9(16-10)3-4-13/h1-2,5H,3-4,13H2. The lowest BCUT2D eigenvalue weighted by atomic mass is 10.2. The number of benzene rings is 1. The Bertz CT molecular complexity index is 501. The minimum absolute atomic E-state index is 0.322. The van der Waals surface area contributed by atoms with Gasteiger partial charge >= 0.3 is 0 Å². The highest BCUT2D eigenvalue weighted by Gasteiger charge is 2.11. The minimum Gasteiger partial charge on any atom is -0.421 e. The fraction of sp³-hybridized carbons (Fsp3) is 0.200. The molecule has 1 aromatic heterocycles. The summed E-state index contributed by atoms with van der Waals surface area (Å²) >= 11 is 3.24. The molecule has 1 aromatic carbocycles. The van der Waals surface area contributed by atoms with Crippen LogP contribution in [0, 0.1) is 5.82 Å². The number of halogens is 2. The van der Waals surface area contributed by atoms with Crippen molar-refractivity contribution in [3.8, 4) is 11.5 Å². The number of rotatable bonds is 3. The van der Waals surface area contributed by atoms with Crippen LogP contribution in [0.25, 0.3) is 11.5 Å². The van der Waals surface area contributed by atoms with Gasteiger partial charge in [0.15, 0.2) is 0 Å². The summed E-state index contributed by atoms with van der Waals surface area (Å²) in [4.78, 5) is 0. The highest BCUT2D eigenvalue weighted by molar-refractivity contribution is 9.10. The summed E-state index contributed by atoms with van der Waals surface area (Å²) in [5.41, 5.74) is 6.04. The summed E-state index contributed by atoms with van der Waals surface area (Å²) in [6.07, 6.45) is 0.534. The quantitative estimate of drug-likeness (QED) is 0.938. The van der Waals surface area contributed by atoms with Crippen molar-refractivity contribution in [2.45, 2.75) is 6.42 Å². The van der Waals surface area contributed by atoms with Crippen LogP contribution in [0.4, 0.5) is 4.39 Å². The molecule has 0 aliphatic heterocycles. The van der Waals surface area contributed by atoms with E-state index in [4.69, 9.17) is 10.2 Å². The van der Waals surface area contributed by atoms with Crippen molar-refractivity contribution in [3.63, 3.8) is 0 Å². The fourth-order valence-corrected chi connectivity index (χ4v) is 1.77. The van der Waals surface area contributed by atoms with Crippen molar-refractivity contribution in [2.75, 3.05) is 6.54 Å². The zero-order chi connectivity index (χ0) is 11.5. The van der Waals surface area contributed by atoms with Gasteiger partial charge in [-0.15, -0.1) is 10.2 Å². The lowest BCUT2D eigenvalue weighted by molar-refractivity contribution is 0.507. The summed E-state index contributed by atoms with van der Waals surface area (Å²) < 4.78 is 18.8. The average Bonchev–Trinajstić information content (AvgIpc) is 2.67. The monoisotopic (exact) mass is 285 g/mol. The van der Waals surface area contributed by atoms with Gasteiger partial charge in [0, 0.05) is 17.4 Å². The summed E-state index contributed by atoms with van der Waals surface area (Å²) in [7, 11) is 0. The Kier molecular flexibility index (Phi) is 3.31. The highest BCUT2D eigenvalue weighted by Crippen LogP contribution is 2.27. The van der Waals surface area contributed by atoms with Gasteiger partial charge in [0.05, 0.1) is 5.56 Å². The number of aromatic nitrogens is 2. The lowest BCUT2D eigenvalue weighted by Gasteiger charge is -1.98. The molecule has 0 unspecified atom stereocenters. The highest BCUT2D eigenvalue weighted by atomic mass is 79.9. The van der Waals surface area contributed by atoms with Crippen LogP contribution in [0.5, 0.6) is 0 Å². The molecule has 0 saturated heterocycles. The Morgan fingerprint density at radius 3 is 2.88 bits per heavy atom. The molecule has 1 heterocycles. The first-order valence-electron chi connectivity index (χ1n) is 4.68. The number of hydrogen-bond donors (Lipinski definition) is 1. The largest absolute Gasteiger partial charge is 0.421 e. The van der Waals surface area contributed by atoms with Gasteiger partial charge in [-0.1, -0.05) is 0 Å². The van der Waals surface area contributed by atoms with Crippen molar-refractivity contribution in [1.29, 1.82) is 0 Å². The third kappa shape index (κ3) is 2.28. The SMILES string of the molecule is NCCc1nnc(-c2ccc(F)cc2Br)o1. The fourth-order valence-electron chi connectivity index (χ4n) is 1.25. The molecule has 0 saturated carbocycles. The van der Waals surface area contributed by atoms with Gasteiger partial charge in [-0.3, -0.25) is 0 Å². The van der Waals surface area contributed by atoms with Crippen LogP contribution in [-0.4, -0.2) is 16.7 Å². The Labute approximate surface area is 99.8 Å². The first-order chi connectivity index (χ1) is 7.70. The Hall–Kier alpha value is -1.27. The van der Waals surface area contributed by atoms with E-state index in [0.717, 1.165) is 0 Å². The molecule has 0 aliphatic rings. The number of hydrogen-bond acceptors (Lipinski definition) is 4. The molecule has 0 bridgehead atoms. The molecule has 0 fully saturated rings. The Morgan fingerprint density at radius 1 is 1.38 bits per heavy atom. The topological polar surface area (TPSA) is 64.9 Å². The summed E-state index contributed by atoms with van der Waals surface area (Å²) in [5.74, 6) is 0.515. The molecule has 6 heteroatoms. The molecule has 16 heavy (non-hydrogen) atoms. The maximum absolute atomic E-state index is 12.9. The minimum atomic E-state index is -0.322. The van der Waals surface area contributed by atoms with E-state index in [1.165, 1.54) is 12.1 Å². The van der Waals surface area contributed by atoms with E-state index in [2.05, 4.69) is 26.1 Å². The zero-order valence-corrected chi connectivity index (χ0v) is 9.87. The van der Waals surface area contributed by atoms with Crippen LogP contribution >= 0.6 is 15.9 Å². The third-order valence-electron chi connectivity index (χ3n) is 1.99. The van der Waals surface area contributed by atoms with Crippen LogP contribution in [0.1, 0.15) is 5.89 Å². The van der Waals surface area contributed by atoms with E-state index in [-0.39, 0.29) is 5.82 Å². The first kappa shape index (κ1) is 11.2. The van der Waals surface area contributed by atoms with Crippen molar-refractivity contribution < 1.29 is 8.81 Å². The van der Waals surface area contributed by atoms with Gasteiger partial charge in [-0.2, -0.15) is 0 Å². The van der Waals surface area contributed by atoms with Crippen molar-refractivity contribution >= 4 is 15.9 Å². The van der Waals surface area contributed by atoms with E-state index in [1.807, 2.05) is 0 Å². The predicted octanol–water partition coefficient (Wildman–Crippen LogP) is 2.14. The normalized spacial score (nSPS) is 10.7. The molecule has 0 radical (unpaired) electrons. The van der Waals surface area contributed by atoms with Gasteiger partial charge in [-0.25, -0.2) is 4.39 Å². The maximum atomic E-state index is 12.9. The molecule has 2 N–H and O–H groups in total. The molecule has 0 aliphatic carbocycles. The molecule has 2 aromatic rings. The van der Waals surface area contributed by atoms with Gasteiger partial charge in [0.1, 0.15) is 5.82 Å². The predicted molar refractivity (Wildman–Crippen MR) is 60.2 cm³/mol. The van der Waals surface area contributed by atoms with Crippen LogP contribution < -0.4 is 5.73 Å². The Balaban J connectivity index is 2.35. The average molecular weight is 286 g/mol. The molecule has 0 amide bonds. The van der Waals surface area contributed by atoms with E-state index >= 15 is 0 Å². The van der Waals surface area contributed by atoms with Crippen molar-refractivity contribution in [1.82, 2.24) is 10.2 Å². The lowest BCUT2D eigenvalue weighted by Crippen LogP contribution is -2.02. The number of nitrogens with zero attached hydrogens (tertiary/aromatic N) is 2. The van der Waals surface area contributed by atoms with Gasteiger partial charge in [-0.05, 0) is 34.1 Å². The van der Waals surface area contributed by atoms with E-state index < -0.39 is 0 Å². The van der Waals surface area contributed by atoms with E-state index in [0.29, 0.717) is 34.8 Å². The number of nitrogens with two attached hydrogens (primary N) is 1. The van der Waals surface area contributed by atoms with Crippen molar-refractivity contribution in [2.24, 2.45) is 5.73 Å². The molecule has 0 spiro atoms. The molecule has 84 valence electrons. The van der Waals surface area contributed by atoms with Gasteiger partial charge in [0.2, 0.25) is 11.8 Å². The second-order valence-electron chi connectivity index (χ2n) is 3.16. The molecule has 0 atom stereocenters. The van der Waals surface area contributed by atoms with E-state index in [9.17, 15) is 4.39 Å². The second-order valence-corrected chi connectivity index (χ2v) is 4.02. The molecular formula is C10H9BrFN3O. The summed E-state index contributed by atoms with van der Waals surface area (Å²) in [5, 5.41) is 7.71. The molecule has 2 rings (SSSR count). The zero-order valence-electron chi connectivity index (χ0n) is 8.28. The summed E-state index contributed by atoms with van der Waals surface area (Å²) in [6.45, 7) is 0.451. The molecular weight excluding hydrogens is 277 g/mol. The molecule has 4 nitrogen and oxygen atoms in total. The Morgan fingerprint density at radius 2 is 2.19 bits per heavy atom. The van der Waals surface area contributed by atoms with Gasteiger partial charge < -0.3 is 10.2 Å². The maximum Gasteiger partial charge on any atom is 0.248 e. The van der Waals surface area contributed by atoms with E-state index in [1.54, 1.807) is 6.07 Å². The van der Waals surface area contributed by atoms with Crippen molar-refractivity contribution in [3.05, 3.63) is 34.4 Å². The van der Waals surface area contributed by atoms with Crippen LogP contribution in [-0.2, 0) is 6.42 Å². The second kappa shape index (κ2) is 4.71. The van der Waals surface area contributed by atoms with Crippen LogP contribution in [0.15, 0.2) is 27.1 Å². The third-order valence-corrected chi connectivity index (χ3v) is 2.64. The van der Waals surface area contributed by atoms with Crippen LogP contribution in [0.2, 0.25) is 0 Å². The summed E-state index contributed by atoms with van der Waals surface area (Å²) in [6, 6.07) is 4.27. The van der Waals surface area contributed by atoms with Crippen LogP contribution in [0.3, 0.4) is 0 Å². The first-order valence-corrected chi connectivity index (χ1v) is 5.48.